The van der Waals surface area contributed by atoms with Gasteiger partial charge in [0.15, 0.2) is 0 Å². The van der Waals surface area contributed by atoms with Gasteiger partial charge in [0, 0.05) is 18.9 Å². The molecule has 0 aliphatic carbocycles. The highest BCUT2D eigenvalue weighted by Gasteiger charge is 2.31. The smallest absolute Gasteiger partial charge is 0.215 e. The summed E-state index contributed by atoms with van der Waals surface area (Å²) in [6, 6.07) is 14.1. The topological polar surface area (TPSA) is 86.8 Å². The summed E-state index contributed by atoms with van der Waals surface area (Å²) in [6.07, 6.45) is 1.73. The number of hydrogen-bond acceptors (Lipinski definition) is 6. The highest BCUT2D eigenvalue weighted by atomic mass is 32.2. The lowest BCUT2D eigenvalue weighted by Gasteiger charge is -2.31. The van der Waals surface area contributed by atoms with Crippen molar-refractivity contribution in [2.75, 3.05) is 25.6 Å². The van der Waals surface area contributed by atoms with E-state index in [1.807, 2.05) is 24.3 Å². The van der Waals surface area contributed by atoms with Gasteiger partial charge in [-0.3, -0.25) is 0 Å². The molecule has 1 aromatic carbocycles. The molecule has 1 N–H and O–H groups in total. The molecule has 7 nitrogen and oxygen atoms in total. The van der Waals surface area contributed by atoms with E-state index < -0.39 is 16.1 Å². The highest BCUT2D eigenvalue weighted by Crippen LogP contribution is 2.16. The molecule has 1 aliphatic heterocycles. The van der Waals surface area contributed by atoms with E-state index in [2.05, 4.69) is 9.71 Å². The maximum absolute atomic E-state index is 12.4. The summed E-state index contributed by atoms with van der Waals surface area (Å²) in [5, 5.41) is 0. The molecule has 1 aliphatic rings. The van der Waals surface area contributed by atoms with Crippen LogP contribution in [0.4, 0.5) is 0 Å². The molecular formula is C18H22N2O5S. The summed E-state index contributed by atoms with van der Waals surface area (Å²) >= 11 is 0. The van der Waals surface area contributed by atoms with Crippen LogP contribution in [0.15, 0.2) is 54.7 Å². The van der Waals surface area contributed by atoms with E-state index in [4.69, 9.17) is 14.2 Å². The standard InChI is InChI=1S/C18H22N2O5S/c21-26(22,13-12-24-15-6-2-1-3-7-15)20-16-9-11-23-14-17(16)25-18-8-4-5-10-19-18/h1-8,10,16-17,20H,9,11-14H2/t16-,17-/m1/s1. The van der Waals surface area contributed by atoms with Crippen molar-refractivity contribution in [1.29, 1.82) is 0 Å². The van der Waals surface area contributed by atoms with Crippen LogP contribution < -0.4 is 14.2 Å². The molecule has 0 saturated carbocycles. The van der Waals surface area contributed by atoms with Crippen molar-refractivity contribution >= 4 is 10.0 Å². The summed E-state index contributed by atoms with van der Waals surface area (Å²) < 4.78 is 44.2. The van der Waals surface area contributed by atoms with Crippen LogP contribution in [0, 0.1) is 0 Å². The van der Waals surface area contributed by atoms with Crippen molar-refractivity contribution in [2.24, 2.45) is 0 Å². The van der Waals surface area contributed by atoms with Crippen LogP contribution in [0.1, 0.15) is 6.42 Å². The van der Waals surface area contributed by atoms with E-state index >= 15 is 0 Å². The van der Waals surface area contributed by atoms with E-state index in [0.29, 0.717) is 31.3 Å². The Bertz CT molecular complexity index is 771. The van der Waals surface area contributed by atoms with Gasteiger partial charge in [0.2, 0.25) is 15.9 Å². The Morgan fingerprint density at radius 1 is 1.15 bits per heavy atom. The second-order valence-corrected chi connectivity index (χ2v) is 7.77. The Balaban J connectivity index is 1.54. The quantitative estimate of drug-likeness (QED) is 0.751. The fourth-order valence-electron chi connectivity index (χ4n) is 2.61. The first-order valence-electron chi connectivity index (χ1n) is 8.46. The van der Waals surface area contributed by atoms with Crippen LogP contribution in [0.3, 0.4) is 0 Å². The molecule has 2 aromatic rings. The normalized spacial score (nSPS) is 20.5. The van der Waals surface area contributed by atoms with E-state index in [-0.39, 0.29) is 18.4 Å². The van der Waals surface area contributed by atoms with E-state index in [9.17, 15) is 8.42 Å². The van der Waals surface area contributed by atoms with Crippen molar-refractivity contribution in [3.8, 4) is 11.6 Å². The van der Waals surface area contributed by atoms with Crippen molar-refractivity contribution in [2.45, 2.75) is 18.6 Å². The van der Waals surface area contributed by atoms with Gasteiger partial charge in [-0.1, -0.05) is 24.3 Å². The van der Waals surface area contributed by atoms with E-state index in [0.717, 1.165) is 0 Å². The van der Waals surface area contributed by atoms with Gasteiger partial charge in [-0.2, -0.15) is 0 Å². The summed E-state index contributed by atoms with van der Waals surface area (Å²) in [5.41, 5.74) is 0. The van der Waals surface area contributed by atoms with Gasteiger partial charge >= 0.3 is 0 Å². The van der Waals surface area contributed by atoms with Crippen molar-refractivity contribution in [3.05, 3.63) is 54.7 Å². The summed E-state index contributed by atoms with van der Waals surface area (Å²) in [6.45, 7) is 0.869. The van der Waals surface area contributed by atoms with Crippen molar-refractivity contribution in [1.82, 2.24) is 9.71 Å². The number of nitrogens with one attached hydrogen (secondary N) is 1. The maximum atomic E-state index is 12.4. The maximum Gasteiger partial charge on any atom is 0.215 e. The van der Waals surface area contributed by atoms with Gasteiger partial charge in [0.25, 0.3) is 0 Å². The number of aromatic nitrogens is 1. The summed E-state index contributed by atoms with van der Waals surface area (Å²) in [5.74, 6) is 0.958. The second kappa shape index (κ2) is 8.98. The van der Waals surface area contributed by atoms with Crippen LogP contribution in [0.5, 0.6) is 11.6 Å². The SMILES string of the molecule is O=S(=O)(CCOc1ccccc1)N[C@@H]1CCOC[C@H]1Oc1ccccn1. The van der Waals surface area contributed by atoms with Gasteiger partial charge in [-0.25, -0.2) is 18.1 Å². The molecule has 0 bridgehead atoms. The predicted molar refractivity (Wildman–Crippen MR) is 96.7 cm³/mol. The molecule has 2 atom stereocenters. The first kappa shape index (κ1) is 18.6. The largest absolute Gasteiger partial charge is 0.492 e. The summed E-state index contributed by atoms with van der Waals surface area (Å²) in [4.78, 5) is 4.11. The fourth-order valence-corrected chi connectivity index (χ4v) is 3.76. The summed E-state index contributed by atoms with van der Waals surface area (Å²) in [7, 11) is -3.51. The zero-order valence-corrected chi connectivity index (χ0v) is 15.1. The lowest BCUT2D eigenvalue weighted by atomic mass is 10.1. The van der Waals surface area contributed by atoms with Crippen LogP contribution in [-0.4, -0.2) is 51.1 Å². The fraction of sp³-hybridized carbons (Fsp3) is 0.389. The molecule has 8 heteroatoms. The molecule has 0 amide bonds. The molecule has 1 saturated heterocycles. The minimum Gasteiger partial charge on any atom is -0.492 e. The molecule has 1 fully saturated rings. The first-order valence-corrected chi connectivity index (χ1v) is 10.1. The van der Waals surface area contributed by atoms with E-state index in [1.54, 1.807) is 30.5 Å². The molecular weight excluding hydrogens is 356 g/mol. The molecule has 0 spiro atoms. The van der Waals surface area contributed by atoms with Crippen LogP contribution in [0.25, 0.3) is 0 Å². The number of pyridine rings is 1. The number of hydrogen-bond donors (Lipinski definition) is 1. The molecule has 26 heavy (non-hydrogen) atoms. The van der Waals surface area contributed by atoms with Gasteiger partial charge < -0.3 is 14.2 Å². The number of nitrogens with zero attached hydrogens (tertiary/aromatic N) is 1. The van der Waals surface area contributed by atoms with Crippen LogP contribution in [-0.2, 0) is 14.8 Å². The average molecular weight is 378 g/mol. The lowest BCUT2D eigenvalue weighted by Crippen LogP contribution is -2.52. The molecule has 140 valence electrons. The van der Waals surface area contributed by atoms with Gasteiger partial charge in [-0.05, 0) is 24.6 Å². The third kappa shape index (κ3) is 5.69. The highest BCUT2D eigenvalue weighted by molar-refractivity contribution is 7.89. The monoisotopic (exact) mass is 378 g/mol. The first-order chi connectivity index (χ1) is 12.6. The Labute approximate surface area is 153 Å². The van der Waals surface area contributed by atoms with Crippen molar-refractivity contribution in [3.63, 3.8) is 0 Å². The number of sulfonamides is 1. The van der Waals surface area contributed by atoms with Crippen LogP contribution >= 0.6 is 0 Å². The Hall–Kier alpha value is -2.16. The zero-order valence-electron chi connectivity index (χ0n) is 14.3. The zero-order chi connectivity index (χ0) is 18.2. The molecule has 1 aromatic heterocycles. The molecule has 3 rings (SSSR count). The predicted octanol–water partition coefficient (Wildman–Crippen LogP) is 1.62. The third-order valence-electron chi connectivity index (χ3n) is 3.91. The minimum atomic E-state index is -3.51. The van der Waals surface area contributed by atoms with Gasteiger partial charge in [0.05, 0.1) is 18.4 Å². The molecule has 2 heterocycles. The second-order valence-electron chi connectivity index (χ2n) is 5.89. The van der Waals surface area contributed by atoms with E-state index in [1.165, 1.54) is 0 Å². The lowest BCUT2D eigenvalue weighted by molar-refractivity contribution is -0.0111. The minimum absolute atomic E-state index is 0.0777. The molecule has 0 unspecified atom stereocenters. The average Bonchev–Trinajstić information content (AvgIpc) is 2.65. The number of benzene rings is 1. The molecule has 0 radical (unpaired) electrons. The third-order valence-corrected chi connectivity index (χ3v) is 5.27. The Morgan fingerprint density at radius 2 is 1.96 bits per heavy atom. The Kier molecular flexibility index (Phi) is 6.43. The number of rotatable bonds is 8. The van der Waals surface area contributed by atoms with Crippen molar-refractivity contribution < 1.29 is 22.6 Å². The Morgan fingerprint density at radius 3 is 2.73 bits per heavy atom. The van der Waals surface area contributed by atoms with Gasteiger partial charge in [-0.15, -0.1) is 0 Å². The van der Waals surface area contributed by atoms with Crippen LogP contribution in [0.2, 0.25) is 0 Å². The number of para-hydroxylation sites is 1. The number of ether oxygens (including phenoxy) is 3. The van der Waals surface area contributed by atoms with Gasteiger partial charge in [0.1, 0.15) is 18.5 Å².